The van der Waals surface area contributed by atoms with E-state index in [9.17, 15) is 10.1 Å². The highest BCUT2D eigenvalue weighted by molar-refractivity contribution is 5.72. The van der Waals surface area contributed by atoms with Gasteiger partial charge in [0.15, 0.2) is 0 Å². The van der Waals surface area contributed by atoms with Crippen molar-refractivity contribution in [2.45, 2.75) is 58.3 Å². The van der Waals surface area contributed by atoms with Crippen LogP contribution >= 0.6 is 0 Å². The van der Waals surface area contributed by atoms with Crippen molar-refractivity contribution < 1.29 is 14.3 Å². The van der Waals surface area contributed by atoms with Gasteiger partial charge in [0.05, 0.1) is 24.0 Å². The molecule has 1 saturated carbocycles. The average molecular weight is 263 g/mol. The third-order valence-electron chi connectivity index (χ3n) is 5.68. The normalized spacial score (nSPS) is 48.6. The predicted octanol–water partition coefficient (Wildman–Crippen LogP) is 2.63. The fraction of sp³-hybridized carbons (Fsp3) is 0.867. The Morgan fingerprint density at radius 2 is 2.16 bits per heavy atom. The second-order valence-corrected chi connectivity index (χ2v) is 6.96. The van der Waals surface area contributed by atoms with Crippen molar-refractivity contribution in [3.05, 3.63) is 0 Å². The van der Waals surface area contributed by atoms with Gasteiger partial charge in [0, 0.05) is 11.8 Å². The number of ether oxygens (including phenoxy) is 2. The largest absolute Gasteiger partial charge is 0.436 e. The maximum Gasteiger partial charge on any atom is 0.311 e. The lowest BCUT2D eigenvalue weighted by Crippen LogP contribution is -2.55. The first kappa shape index (κ1) is 12.9. The van der Waals surface area contributed by atoms with Crippen LogP contribution in [0, 0.1) is 34.5 Å². The van der Waals surface area contributed by atoms with E-state index in [1.165, 1.54) is 0 Å². The third kappa shape index (κ3) is 1.64. The highest BCUT2D eigenvalue weighted by Gasteiger charge is 2.67. The van der Waals surface area contributed by atoms with E-state index < -0.39 is 11.9 Å². The third-order valence-corrected chi connectivity index (χ3v) is 5.68. The molecule has 3 fully saturated rings. The van der Waals surface area contributed by atoms with Crippen LogP contribution in [0.5, 0.6) is 0 Å². The number of nitrogens with zero attached hydrogens (tertiary/aromatic N) is 1. The Labute approximate surface area is 114 Å². The van der Waals surface area contributed by atoms with Gasteiger partial charge in [-0.3, -0.25) is 4.79 Å². The fourth-order valence-corrected chi connectivity index (χ4v) is 4.28. The average Bonchev–Trinajstić information content (AvgIpc) is 2.52. The molecule has 0 N–H and O–H groups in total. The second kappa shape index (κ2) is 3.96. The summed E-state index contributed by atoms with van der Waals surface area (Å²) in [6.07, 6.45) is 2.33. The van der Waals surface area contributed by atoms with Crippen molar-refractivity contribution in [3.63, 3.8) is 0 Å². The van der Waals surface area contributed by atoms with Crippen LogP contribution in [0.4, 0.5) is 0 Å². The van der Waals surface area contributed by atoms with Gasteiger partial charge in [-0.05, 0) is 24.7 Å². The molecule has 3 rings (SSSR count). The number of nitriles is 1. The van der Waals surface area contributed by atoms with Crippen LogP contribution in [0.25, 0.3) is 0 Å². The van der Waals surface area contributed by atoms with Crippen LogP contribution in [-0.4, -0.2) is 17.9 Å². The maximum absolute atomic E-state index is 11.8. The minimum Gasteiger partial charge on any atom is -0.436 e. The molecule has 0 aromatic carbocycles. The van der Waals surface area contributed by atoms with Crippen LogP contribution < -0.4 is 0 Å². The molecule has 4 heteroatoms. The number of rotatable bonds is 1. The molecule has 0 amide bonds. The summed E-state index contributed by atoms with van der Waals surface area (Å²) in [6, 6.07) is 2.48. The molecular weight excluding hydrogens is 242 g/mol. The van der Waals surface area contributed by atoms with Gasteiger partial charge in [-0.1, -0.05) is 20.8 Å². The second-order valence-electron chi connectivity index (χ2n) is 6.96. The van der Waals surface area contributed by atoms with E-state index >= 15 is 0 Å². The molecule has 2 saturated heterocycles. The van der Waals surface area contributed by atoms with Crippen LogP contribution in [-0.2, 0) is 14.3 Å². The van der Waals surface area contributed by atoms with Gasteiger partial charge in [0.1, 0.15) is 0 Å². The highest BCUT2D eigenvalue weighted by Crippen LogP contribution is 2.63. The quantitative estimate of drug-likeness (QED) is 0.682. The lowest BCUT2D eigenvalue weighted by atomic mass is 9.54. The number of hydrogen-bond acceptors (Lipinski definition) is 4. The van der Waals surface area contributed by atoms with Crippen molar-refractivity contribution in [2.75, 3.05) is 0 Å². The molecule has 0 aromatic rings. The molecule has 4 nitrogen and oxygen atoms in total. The Bertz CT molecular complexity index is 455. The Morgan fingerprint density at radius 3 is 2.79 bits per heavy atom. The monoisotopic (exact) mass is 263 g/mol. The van der Waals surface area contributed by atoms with E-state index in [0.717, 1.165) is 12.8 Å². The lowest BCUT2D eigenvalue weighted by Gasteiger charge is -2.51. The Hall–Kier alpha value is -1.08. The van der Waals surface area contributed by atoms with E-state index in [4.69, 9.17) is 9.47 Å². The van der Waals surface area contributed by atoms with E-state index in [0.29, 0.717) is 24.7 Å². The number of hydrogen-bond donors (Lipinski definition) is 0. The van der Waals surface area contributed by atoms with E-state index in [1.54, 1.807) is 0 Å². The van der Waals surface area contributed by atoms with E-state index in [1.807, 2.05) is 0 Å². The minimum absolute atomic E-state index is 0.0480. The molecule has 0 unspecified atom stereocenters. The zero-order chi connectivity index (χ0) is 13.8. The highest BCUT2D eigenvalue weighted by atomic mass is 16.7. The number of carbonyl (C=O) groups excluding carboxylic acids is 1. The zero-order valence-corrected chi connectivity index (χ0v) is 11.8. The summed E-state index contributed by atoms with van der Waals surface area (Å²) in [4.78, 5) is 11.8. The molecule has 2 heterocycles. The standard InChI is InChI=1S/C15H21NO3/c1-9(2)10-4-11(8-16)14(3)7-13-18-12(17)6-15(14,5-10)19-13/h9-11,13H,4-7H2,1-3H3/t10-,11+,13+,14+,15+/m1/s1. The zero-order valence-electron chi connectivity index (χ0n) is 11.8. The van der Waals surface area contributed by atoms with E-state index in [2.05, 4.69) is 26.8 Å². The molecule has 2 aliphatic heterocycles. The van der Waals surface area contributed by atoms with Gasteiger partial charge in [0.25, 0.3) is 0 Å². The molecule has 5 atom stereocenters. The summed E-state index contributed by atoms with van der Waals surface area (Å²) in [7, 11) is 0. The first-order valence-corrected chi connectivity index (χ1v) is 7.17. The SMILES string of the molecule is CC(C)[C@@H]1C[C@@H](C#N)[C@]2(C)C[C@H]3OC(=O)C[C@]2(C1)O3. The summed E-state index contributed by atoms with van der Waals surface area (Å²) >= 11 is 0. The maximum atomic E-state index is 11.8. The summed E-state index contributed by atoms with van der Waals surface area (Å²) in [6.45, 7) is 6.48. The first-order chi connectivity index (χ1) is 8.90. The molecule has 2 bridgehead atoms. The molecule has 19 heavy (non-hydrogen) atoms. The topological polar surface area (TPSA) is 59.3 Å². The van der Waals surface area contributed by atoms with Gasteiger partial charge in [0.2, 0.25) is 6.29 Å². The van der Waals surface area contributed by atoms with Crippen molar-refractivity contribution in [3.8, 4) is 6.07 Å². The molecule has 3 aliphatic rings. The number of esters is 1. The van der Waals surface area contributed by atoms with Gasteiger partial charge in [-0.15, -0.1) is 0 Å². The van der Waals surface area contributed by atoms with Crippen molar-refractivity contribution in [1.29, 1.82) is 5.26 Å². The van der Waals surface area contributed by atoms with Crippen molar-refractivity contribution in [1.82, 2.24) is 0 Å². The van der Waals surface area contributed by atoms with Crippen LogP contribution in [0.2, 0.25) is 0 Å². The minimum atomic E-state index is -0.472. The molecular formula is C15H21NO3. The van der Waals surface area contributed by atoms with Gasteiger partial charge >= 0.3 is 5.97 Å². The molecule has 1 aliphatic carbocycles. The lowest BCUT2D eigenvalue weighted by molar-refractivity contribution is -0.235. The van der Waals surface area contributed by atoms with Crippen molar-refractivity contribution >= 4 is 5.97 Å². The fourth-order valence-electron chi connectivity index (χ4n) is 4.28. The summed E-state index contributed by atoms with van der Waals surface area (Å²) in [5.41, 5.74) is -0.718. The van der Waals surface area contributed by atoms with Crippen molar-refractivity contribution in [2.24, 2.45) is 23.2 Å². The van der Waals surface area contributed by atoms with Gasteiger partial charge in [-0.25, -0.2) is 0 Å². The Kier molecular flexibility index (Phi) is 2.69. The van der Waals surface area contributed by atoms with Crippen LogP contribution in [0.1, 0.15) is 46.5 Å². The summed E-state index contributed by atoms with van der Waals surface area (Å²) in [5.74, 6) is 0.743. The molecule has 1 spiro atoms. The molecule has 0 radical (unpaired) electrons. The Balaban J connectivity index is 2.02. The molecule has 0 aromatic heterocycles. The number of fused-ring (bicyclic) bond motifs is 1. The first-order valence-electron chi connectivity index (χ1n) is 7.17. The predicted molar refractivity (Wildman–Crippen MR) is 67.7 cm³/mol. The summed E-state index contributed by atoms with van der Waals surface area (Å²) in [5, 5.41) is 9.55. The van der Waals surface area contributed by atoms with Crippen LogP contribution in [0.3, 0.4) is 0 Å². The van der Waals surface area contributed by atoms with Gasteiger partial charge < -0.3 is 9.47 Å². The van der Waals surface area contributed by atoms with Crippen LogP contribution in [0.15, 0.2) is 0 Å². The van der Waals surface area contributed by atoms with E-state index in [-0.39, 0.29) is 17.3 Å². The number of carbonyl (C=O) groups is 1. The molecule has 104 valence electrons. The van der Waals surface area contributed by atoms with Gasteiger partial charge in [-0.2, -0.15) is 5.26 Å². The summed E-state index contributed by atoms with van der Waals surface area (Å²) < 4.78 is 11.3. The smallest absolute Gasteiger partial charge is 0.311 e. The Morgan fingerprint density at radius 1 is 1.42 bits per heavy atom.